The molecule has 0 atom stereocenters. The molecule has 0 saturated heterocycles. The summed E-state index contributed by atoms with van der Waals surface area (Å²) in [6, 6.07) is 8.71. The van der Waals surface area contributed by atoms with Gasteiger partial charge in [-0.3, -0.25) is 9.59 Å². The molecule has 1 aromatic rings. The molecule has 16 heavy (non-hydrogen) atoms. The Morgan fingerprint density at radius 1 is 1.12 bits per heavy atom. The van der Waals surface area contributed by atoms with Crippen LogP contribution in [0.15, 0.2) is 41.6 Å². The molecule has 0 heterocycles. The van der Waals surface area contributed by atoms with Crippen LogP contribution in [-0.2, 0) is 4.79 Å². The van der Waals surface area contributed by atoms with Crippen LogP contribution < -0.4 is 5.32 Å². The number of carbonyl (C=O) groups excluding carboxylic acids is 2. The predicted octanol–water partition coefficient (Wildman–Crippen LogP) is 2.17. The van der Waals surface area contributed by atoms with E-state index in [0.717, 1.165) is 5.57 Å². The van der Waals surface area contributed by atoms with Gasteiger partial charge < -0.3 is 5.32 Å². The van der Waals surface area contributed by atoms with Gasteiger partial charge in [0.2, 0.25) is 5.12 Å². The van der Waals surface area contributed by atoms with Gasteiger partial charge in [0.05, 0.1) is 5.70 Å². The van der Waals surface area contributed by atoms with Crippen LogP contribution in [0.3, 0.4) is 0 Å². The third-order valence-corrected chi connectivity index (χ3v) is 2.21. The molecule has 0 aliphatic rings. The summed E-state index contributed by atoms with van der Waals surface area (Å²) in [4.78, 5) is 22.9. The highest BCUT2D eigenvalue weighted by Crippen LogP contribution is 2.06. The fourth-order valence-electron chi connectivity index (χ4n) is 1.17. The Labute approximate surface area is 100.0 Å². The number of nitrogens with one attached hydrogen (secondary N) is 1. The van der Waals surface area contributed by atoms with Gasteiger partial charge in [-0.1, -0.05) is 30.8 Å². The van der Waals surface area contributed by atoms with Crippen LogP contribution >= 0.6 is 12.6 Å². The Morgan fingerprint density at radius 2 is 1.69 bits per heavy atom. The molecular formula is C12H13NO2S. The molecule has 0 unspecified atom stereocenters. The predicted molar refractivity (Wildman–Crippen MR) is 66.3 cm³/mol. The van der Waals surface area contributed by atoms with E-state index in [-0.39, 0.29) is 11.6 Å². The monoisotopic (exact) mass is 235 g/mol. The molecule has 1 rings (SSSR count). The van der Waals surface area contributed by atoms with Crippen molar-refractivity contribution in [3.63, 3.8) is 0 Å². The van der Waals surface area contributed by atoms with Gasteiger partial charge >= 0.3 is 0 Å². The molecule has 0 bridgehead atoms. The van der Waals surface area contributed by atoms with Crippen molar-refractivity contribution < 1.29 is 9.59 Å². The van der Waals surface area contributed by atoms with Gasteiger partial charge in [-0.25, -0.2) is 0 Å². The molecule has 1 aromatic carbocycles. The van der Waals surface area contributed by atoms with E-state index in [2.05, 4.69) is 17.9 Å². The van der Waals surface area contributed by atoms with Crippen molar-refractivity contribution in [1.29, 1.82) is 0 Å². The number of carbonyl (C=O) groups is 2. The third-order valence-electron chi connectivity index (χ3n) is 1.99. The van der Waals surface area contributed by atoms with E-state index in [9.17, 15) is 9.59 Å². The molecule has 4 heteroatoms. The maximum Gasteiger partial charge on any atom is 0.255 e. The van der Waals surface area contributed by atoms with Crippen LogP contribution in [0.1, 0.15) is 24.2 Å². The van der Waals surface area contributed by atoms with Crippen molar-refractivity contribution in [2.24, 2.45) is 0 Å². The Morgan fingerprint density at radius 3 is 2.12 bits per heavy atom. The highest BCUT2D eigenvalue weighted by molar-refractivity contribution is 7.97. The normalized spacial score (nSPS) is 9.44. The quantitative estimate of drug-likeness (QED) is 0.623. The number of benzene rings is 1. The summed E-state index contributed by atoms with van der Waals surface area (Å²) in [7, 11) is 0. The highest BCUT2D eigenvalue weighted by atomic mass is 32.1. The van der Waals surface area contributed by atoms with Crippen molar-refractivity contribution in [2.75, 3.05) is 0 Å². The Kier molecular flexibility index (Phi) is 4.31. The first-order valence-electron chi connectivity index (χ1n) is 4.79. The van der Waals surface area contributed by atoms with E-state index in [1.807, 2.05) is 6.07 Å². The van der Waals surface area contributed by atoms with Gasteiger partial charge in [-0.05, 0) is 31.6 Å². The molecule has 1 N–H and O–H groups in total. The van der Waals surface area contributed by atoms with E-state index < -0.39 is 5.12 Å². The van der Waals surface area contributed by atoms with E-state index in [4.69, 9.17) is 0 Å². The summed E-state index contributed by atoms with van der Waals surface area (Å²) in [5.74, 6) is -0.306. The number of thiol groups is 1. The molecule has 0 aliphatic heterocycles. The van der Waals surface area contributed by atoms with Crippen LogP contribution in [0, 0.1) is 0 Å². The largest absolute Gasteiger partial charge is 0.318 e. The topological polar surface area (TPSA) is 46.2 Å². The minimum Gasteiger partial charge on any atom is -0.318 e. The maximum atomic E-state index is 11.7. The summed E-state index contributed by atoms with van der Waals surface area (Å²) in [5, 5.41) is 2.11. The first kappa shape index (κ1) is 12.5. The van der Waals surface area contributed by atoms with E-state index in [1.165, 1.54) is 0 Å². The van der Waals surface area contributed by atoms with Crippen molar-refractivity contribution in [2.45, 2.75) is 13.8 Å². The standard InChI is InChI=1S/C12H13NO2S/c1-8(2)10(12(15)16)13-11(14)9-6-4-3-5-7-9/h3-7H,1-2H3,(H,13,14)(H,15,16). The summed E-state index contributed by atoms with van der Waals surface area (Å²) in [6.45, 7) is 3.49. The number of hydrogen-bond donors (Lipinski definition) is 2. The van der Waals surface area contributed by atoms with Gasteiger partial charge in [0.15, 0.2) is 0 Å². The van der Waals surface area contributed by atoms with Crippen LogP contribution in [0.4, 0.5) is 0 Å². The molecule has 3 nitrogen and oxygen atoms in total. The van der Waals surface area contributed by atoms with Crippen molar-refractivity contribution in [3.8, 4) is 0 Å². The Bertz CT molecular complexity index is 434. The van der Waals surface area contributed by atoms with Crippen LogP contribution in [0.25, 0.3) is 0 Å². The lowest BCUT2D eigenvalue weighted by atomic mass is 10.2. The molecule has 0 radical (unpaired) electrons. The van der Waals surface area contributed by atoms with Crippen molar-refractivity contribution in [3.05, 3.63) is 47.2 Å². The maximum absolute atomic E-state index is 11.7. The van der Waals surface area contributed by atoms with Crippen LogP contribution in [0.5, 0.6) is 0 Å². The molecule has 0 aromatic heterocycles. The molecule has 84 valence electrons. The van der Waals surface area contributed by atoms with Gasteiger partial charge in [0.1, 0.15) is 0 Å². The average Bonchev–Trinajstić information content (AvgIpc) is 2.25. The number of rotatable bonds is 3. The molecule has 0 saturated carbocycles. The van der Waals surface area contributed by atoms with E-state index >= 15 is 0 Å². The lowest BCUT2D eigenvalue weighted by Crippen LogP contribution is -2.26. The molecule has 0 aliphatic carbocycles. The fraction of sp³-hybridized carbons (Fsp3) is 0.167. The van der Waals surface area contributed by atoms with Gasteiger partial charge in [-0.2, -0.15) is 0 Å². The summed E-state index contributed by atoms with van der Waals surface area (Å²) in [5.41, 5.74) is 1.47. The van der Waals surface area contributed by atoms with Crippen molar-refractivity contribution >= 4 is 23.7 Å². The lowest BCUT2D eigenvalue weighted by Gasteiger charge is -2.08. The second kappa shape index (κ2) is 5.51. The Hall–Kier alpha value is -1.55. The second-order valence-electron chi connectivity index (χ2n) is 3.50. The molecule has 0 spiro atoms. The minimum absolute atomic E-state index is 0.234. The number of allylic oxidation sites excluding steroid dienone is 1. The third kappa shape index (κ3) is 3.24. The lowest BCUT2D eigenvalue weighted by molar-refractivity contribution is -0.108. The second-order valence-corrected chi connectivity index (χ2v) is 3.91. The van der Waals surface area contributed by atoms with E-state index in [1.54, 1.807) is 38.1 Å². The number of hydrogen-bond acceptors (Lipinski definition) is 2. The molecule has 1 amide bonds. The molecule has 0 fully saturated rings. The Balaban J connectivity index is 2.87. The molecular weight excluding hydrogens is 222 g/mol. The summed E-state index contributed by atoms with van der Waals surface area (Å²) in [6.07, 6.45) is 0. The minimum atomic E-state index is -0.440. The van der Waals surface area contributed by atoms with Gasteiger partial charge in [0.25, 0.3) is 5.91 Å². The summed E-state index contributed by atoms with van der Waals surface area (Å²) >= 11 is 3.71. The first-order chi connectivity index (χ1) is 7.52. The van der Waals surface area contributed by atoms with Gasteiger partial charge in [0, 0.05) is 5.56 Å². The highest BCUT2D eigenvalue weighted by Gasteiger charge is 2.12. The SMILES string of the molecule is CC(C)=C(NC(=O)c1ccccc1)C(=O)S. The fourth-order valence-corrected chi connectivity index (χ4v) is 1.45. The van der Waals surface area contributed by atoms with Crippen LogP contribution in [-0.4, -0.2) is 11.0 Å². The smallest absolute Gasteiger partial charge is 0.255 e. The first-order valence-corrected chi connectivity index (χ1v) is 5.24. The van der Waals surface area contributed by atoms with E-state index in [0.29, 0.717) is 5.56 Å². The zero-order valence-electron chi connectivity index (χ0n) is 9.15. The zero-order valence-corrected chi connectivity index (χ0v) is 10.0. The summed E-state index contributed by atoms with van der Waals surface area (Å²) < 4.78 is 0. The number of amides is 1. The average molecular weight is 235 g/mol. The van der Waals surface area contributed by atoms with Crippen LogP contribution in [0.2, 0.25) is 0 Å². The van der Waals surface area contributed by atoms with Crippen molar-refractivity contribution in [1.82, 2.24) is 5.32 Å². The van der Waals surface area contributed by atoms with Gasteiger partial charge in [-0.15, -0.1) is 0 Å². The zero-order chi connectivity index (χ0) is 12.1.